The van der Waals surface area contributed by atoms with Gasteiger partial charge in [-0.2, -0.15) is 8.42 Å². The van der Waals surface area contributed by atoms with Gasteiger partial charge in [0.1, 0.15) is 18.2 Å². The number of aliphatic hydroxyl groups excluding tert-OH is 1. The Labute approximate surface area is 206 Å². The van der Waals surface area contributed by atoms with Crippen LogP contribution in [-0.2, 0) is 14.5 Å². The van der Waals surface area contributed by atoms with Crippen LogP contribution in [0.5, 0.6) is 0 Å². The number of rotatable bonds is 9. The molecule has 0 aliphatic heterocycles. The molecule has 9 nitrogen and oxygen atoms in total. The van der Waals surface area contributed by atoms with Crippen LogP contribution in [-0.4, -0.2) is 41.9 Å². The second-order valence-corrected chi connectivity index (χ2v) is 10.9. The minimum atomic E-state index is -3.98. The highest BCUT2D eigenvalue weighted by atomic mass is 35.5. The monoisotopic (exact) mass is 522 g/mol. The molecule has 0 spiro atoms. The van der Waals surface area contributed by atoms with E-state index in [0.717, 1.165) is 24.2 Å². The van der Waals surface area contributed by atoms with Gasteiger partial charge in [0, 0.05) is 17.8 Å². The van der Waals surface area contributed by atoms with Gasteiger partial charge in [-0.1, -0.05) is 41.9 Å². The molecular weight excluding hydrogens is 500 g/mol. The molecule has 2 aromatic heterocycles. The molecule has 0 saturated heterocycles. The molecule has 1 saturated carbocycles. The third kappa shape index (κ3) is 5.98. The summed E-state index contributed by atoms with van der Waals surface area (Å²) in [6, 6.07) is 10.6. The number of nitrogens with one attached hydrogen (secondary N) is 1. The smallest absolute Gasteiger partial charge is 0.333 e. The Balaban J connectivity index is 1.48. The lowest BCUT2D eigenvalue weighted by molar-refractivity contribution is 0.104. The summed E-state index contributed by atoms with van der Waals surface area (Å²) in [5.41, 5.74) is 1.42. The third-order valence-electron chi connectivity index (χ3n) is 5.65. The Bertz CT molecular complexity index is 1270. The maximum Gasteiger partial charge on any atom is 0.333 e. The molecule has 180 valence electrons. The van der Waals surface area contributed by atoms with Gasteiger partial charge < -0.3 is 10.4 Å². The summed E-state index contributed by atoms with van der Waals surface area (Å²) in [6.07, 6.45) is 3.99. The zero-order valence-corrected chi connectivity index (χ0v) is 20.3. The van der Waals surface area contributed by atoms with Crippen LogP contribution < -0.4 is 10.5 Å². The van der Waals surface area contributed by atoms with E-state index < -0.39 is 16.4 Å². The first kappa shape index (κ1) is 24.7. The number of hydrogen-bond acceptors (Lipinski definition) is 9. The van der Waals surface area contributed by atoms with E-state index >= 15 is 0 Å². The average Bonchev–Trinajstić information content (AvgIpc) is 3.43. The largest absolute Gasteiger partial charge is 0.384 e. The highest BCUT2D eigenvalue weighted by molar-refractivity contribution is 7.84. The van der Waals surface area contributed by atoms with Crippen molar-refractivity contribution in [1.82, 2.24) is 9.97 Å². The van der Waals surface area contributed by atoms with Crippen molar-refractivity contribution in [2.45, 2.75) is 31.4 Å². The lowest BCUT2D eigenvalue weighted by Gasteiger charge is -2.15. The molecular formula is C22H23ClN4O5S2. The van der Waals surface area contributed by atoms with E-state index in [4.69, 9.17) is 20.9 Å². The quantitative estimate of drug-likeness (QED) is 0.363. The molecule has 3 atom stereocenters. The molecule has 2 heterocycles. The summed E-state index contributed by atoms with van der Waals surface area (Å²) in [4.78, 5) is 21.9. The number of halogens is 1. The number of benzene rings is 1. The average molecular weight is 523 g/mol. The number of anilines is 1. The molecule has 1 fully saturated rings. The number of carbonyl (C=O) groups is 1. The topological polar surface area (TPSA) is 144 Å². The number of carbonyl (C=O) groups excluding carboxylic acids is 1. The van der Waals surface area contributed by atoms with Gasteiger partial charge in [-0.15, -0.1) is 11.3 Å². The minimum absolute atomic E-state index is 0.0158. The van der Waals surface area contributed by atoms with E-state index in [-0.39, 0.29) is 29.9 Å². The molecule has 2 unspecified atom stereocenters. The van der Waals surface area contributed by atoms with Crippen molar-refractivity contribution in [2.24, 2.45) is 11.1 Å². The van der Waals surface area contributed by atoms with Crippen LogP contribution in [0.4, 0.5) is 5.82 Å². The van der Waals surface area contributed by atoms with Crippen LogP contribution in [0.3, 0.4) is 0 Å². The first-order valence-corrected chi connectivity index (χ1v) is 13.2. The maximum atomic E-state index is 13.3. The van der Waals surface area contributed by atoms with Crippen LogP contribution in [0.15, 0.2) is 48.9 Å². The molecule has 4 rings (SSSR count). The Morgan fingerprint density at radius 2 is 2.09 bits per heavy atom. The normalized spacial score (nSPS) is 19.1. The van der Waals surface area contributed by atoms with Crippen molar-refractivity contribution >= 4 is 44.8 Å². The van der Waals surface area contributed by atoms with Crippen LogP contribution in [0, 0.1) is 5.92 Å². The fourth-order valence-electron chi connectivity index (χ4n) is 3.98. The number of hydrogen-bond donors (Lipinski definition) is 3. The molecule has 0 amide bonds. The SMILES string of the molecule is NS(=O)(=O)OCC1CC[C@H](Nc2ncncc2C(=O)c2cc(C(O)c3ccccc3)c(Cl)s2)C1. The number of nitrogens with two attached hydrogens (primary N) is 1. The zero-order valence-electron chi connectivity index (χ0n) is 17.9. The van der Waals surface area contributed by atoms with Gasteiger partial charge >= 0.3 is 10.3 Å². The van der Waals surface area contributed by atoms with Crippen LogP contribution >= 0.6 is 22.9 Å². The van der Waals surface area contributed by atoms with Gasteiger partial charge in [0.25, 0.3) is 0 Å². The molecule has 1 aliphatic carbocycles. The molecule has 3 aromatic rings. The number of aromatic nitrogens is 2. The summed E-state index contributed by atoms with van der Waals surface area (Å²) < 4.78 is 27.1. The second kappa shape index (κ2) is 10.5. The Kier molecular flexibility index (Phi) is 7.60. The summed E-state index contributed by atoms with van der Waals surface area (Å²) >= 11 is 7.46. The number of ketones is 1. The second-order valence-electron chi connectivity index (χ2n) is 8.06. The zero-order chi connectivity index (χ0) is 24.3. The lowest BCUT2D eigenvalue weighted by Crippen LogP contribution is -2.22. The molecule has 0 radical (unpaired) electrons. The molecule has 1 aromatic carbocycles. The molecule has 1 aliphatic rings. The third-order valence-corrected chi connectivity index (χ3v) is 7.51. The van der Waals surface area contributed by atoms with E-state index in [0.29, 0.717) is 32.6 Å². The van der Waals surface area contributed by atoms with Gasteiger partial charge in [-0.25, -0.2) is 15.1 Å². The summed E-state index contributed by atoms with van der Waals surface area (Å²) in [5.74, 6) is 0.0938. The summed E-state index contributed by atoms with van der Waals surface area (Å²) in [6.45, 7) is 0.0206. The number of nitrogens with zero attached hydrogens (tertiary/aromatic N) is 2. The predicted octanol–water partition coefficient (Wildman–Crippen LogP) is 3.30. The van der Waals surface area contributed by atoms with Crippen LogP contribution in [0.2, 0.25) is 4.34 Å². The Hall–Kier alpha value is -2.41. The standard InChI is InChI=1S/C22H23ClN4O5S2/c23-21-16(19(28)14-4-2-1-3-5-14)9-18(33-21)20(29)17-10-25-12-26-22(17)27-15-7-6-13(8-15)11-32-34(24,30)31/h1-5,9-10,12-13,15,19,28H,6-8,11H2,(H2,24,30,31)(H,25,26,27)/t13?,15-,19?/m0/s1. The van der Waals surface area contributed by atoms with Gasteiger partial charge in [0.2, 0.25) is 5.78 Å². The van der Waals surface area contributed by atoms with Crippen molar-refractivity contribution in [3.8, 4) is 0 Å². The fourth-order valence-corrected chi connectivity index (χ4v) is 5.64. The van der Waals surface area contributed by atoms with Crippen molar-refractivity contribution in [3.05, 3.63) is 74.8 Å². The van der Waals surface area contributed by atoms with Gasteiger partial charge in [-0.05, 0) is 36.8 Å². The first-order chi connectivity index (χ1) is 16.2. The van der Waals surface area contributed by atoms with Crippen molar-refractivity contribution in [1.29, 1.82) is 0 Å². The predicted molar refractivity (Wildman–Crippen MR) is 129 cm³/mol. The van der Waals surface area contributed by atoms with Crippen molar-refractivity contribution in [2.75, 3.05) is 11.9 Å². The highest BCUT2D eigenvalue weighted by Gasteiger charge is 2.28. The summed E-state index contributed by atoms with van der Waals surface area (Å²) in [5, 5.41) is 18.9. The fraction of sp³-hybridized carbons (Fsp3) is 0.318. The number of thiophene rings is 1. The van der Waals surface area contributed by atoms with E-state index in [1.165, 1.54) is 12.5 Å². The Morgan fingerprint density at radius 3 is 2.82 bits per heavy atom. The molecule has 34 heavy (non-hydrogen) atoms. The van der Waals surface area contributed by atoms with Crippen LogP contribution in [0.1, 0.15) is 51.7 Å². The highest BCUT2D eigenvalue weighted by Crippen LogP contribution is 2.37. The maximum absolute atomic E-state index is 13.3. The van der Waals surface area contributed by atoms with Crippen molar-refractivity contribution < 1.29 is 22.5 Å². The number of aliphatic hydroxyl groups is 1. The van der Waals surface area contributed by atoms with Gasteiger partial charge in [0.15, 0.2) is 0 Å². The van der Waals surface area contributed by atoms with Gasteiger partial charge in [-0.3, -0.25) is 8.98 Å². The lowest BCUT2D eigenvalue weighted by atomic mass is 10.0. The van der Waals surface area contributed by atoms with Crippen LogP contribution in [0.25, 0.3) is 0 Å². The van der Waals surface area contributed by atoms with E-state index in [1.807, 2.05) is 18.2 Å². The molecule has 0 bridgehead atoms. The first-order valence-electron chi connectivity index (χ1n) is 10.5. The summed E-state index contributed by atoms with van der Waals surface area (Å²) in [7, 11) is -3.98. The minimum Gasteiger partial charge on any atom is -0.384 e. The molecule has 4 N–H and O–H groups in total. The van der Waals surface area contributed by atoms with Crippen molar-refractivity contribution in [3.63, 3.8) is 0 Å². The van der Waals surface area contributed by atoms with E-state index in [2.05, 4.69) is 15.3 Å². The molecule has 12 heteroatoms. The Morgan fingerprint density at radius 1 is 1.32 bits per heavy atom. The van der Waals surface area contributed by atoms with E-state index in [1.54, 1.807) is 18.2 Å². The van der Waals surface area contributed by atoms with Gasteiger partial charge in [0.05, 0.1) is 21.4 Å². The van der Waals surface area contributed by atoms with E-state index in [9.17, 15) is 18.3 Å².